The molecule has 1 aliphatic rings. The van der Waals surface area contributed by atoms with Gasteiger partial charge in [-0.3, -0.25) is 19.7 Å². The van der Waals surface area contributed by atoms with Crippen LogP contribution in [0.5, 0.6) is 11.5 Å². The highest BCUT2D eigenvalue weighted by Gasteiger charge is 2.36. The molecular weight excluding hydrogens is 457 g/mol. The molecule has 5 amide bonds. The van der Waals surface area contributed by atoms with Crippen LogP contribution in [-0.2, 0) is 14.4 Å². The summed E-state index contributed by atoms with van der Waals surface area (Å²) in [5.41, 5.74) is 0.713. The maximum Gasteiger partial charge on any atom is 0.335 e. The molecule has 9 nitrogen and oxygen atoms in total. The van der Waals surface area contributed by atoms with Crippen molar-refractivity contribution in [2.75, 3.05) is 16.8 Å². The minimum Gasteiger partial charge on any atom is -0.508 e. The number of hydrogen-bond acceptors (Lipinski definition) is 6. The molecule has 0 bridgehead atoms. The maximum absolute atomic E-state index is 13.0. The predicted molar refractivity (Wildman–Crippen MR) is 124 cm³/mol. The monoisotopic (exact) mass is 475 g/mol. The number of benzene rings is 3. The number of imide groups is 2. The van der Waals surface area contributed by atoms with Gasteiger partial charge in [-0.15, -0.1) is 0 Å². The van der Waals surface area contributed by atoms with Crippen molar-refractivity contribution in [1.82, 2.24) is 5.32 Å². The molecule has 1 aliphatic heterocycles. The second-order valence-electron chi connectivity index (χ2n) is 7.39. The fourth-order valence-electron chi connectivity index (χ4n) is 3.23. The van der Waals surface area contributed by atoms with Gasteiger partial charge in [0, 0.05) is 5.69 Å². The molecule has 0 saturated carbocycles. The summed E-state index contributed by atoms with van der Waals surface area (Å²) in [6.07, 6.45) is 1.29. The summed E-state index contributed by atoms with van der Waals surface area (Å²) in [7, 11) is 0. The molecule has 4 rings (SSSR count). The fourth-order valence-corrected chi connectivity index (χ4v) is 3.23. The van der Waals surface area contributed by atoms with Gasteiger partial charge in [0.05, 0.1) is 5.69 Å². The lowest BCUT2D eigenvalue weighted by atomic mass is 10.1. The van der Waals surface area contributed by atoms with Crippen molar-refractivity contribution in [3.63, 3.8) is 0 Å². The molecule has 3 N–H and O–H groups in total. The highest BCUT2D eigenvalue weighted by molar-refractivity contribution is 6.39. The zero-order valence-corrected chi connectivity index (χ0v) is 18.0. The fraction of sp³-hybridized carbons (Fsp3) is 0.0400. The normalized spacial score (nSPS) is 14.6. The summed E-state index contributed by atoms with van der Waals surface area (Å²) >= 11 is 0. The van der Waals surface area contributed by atoms with Gasteiger partial charge in [-0.25, -0.2) is 14.1 Å². The number of rotatable bonds is 6. The van der Waals surface area contributed by atoms with Crippen molar-refractivity contribution in [3.8, 4) is 11.5 Å². The number of hydrogen-bond donors (Lipinski definition) is 3. The van der Waals surface area contributed by atoms with Crippen molar-refractivity contribution in [1.29, 1.82) is 0 Å². The highest BCUT2D eigenvalue weighted by Crippen LogP contribution is 2.24. The Morgan fingerprint density at radius 3 is 2.46 bits per heavy atom. The Balaban J connectivity index is 1.47. The van der Waals surface area contributed by atoms with Crippen LogP contribution in [0.2, 0.25) is 0 Å². The Kier molecular flexibility index (Phi) is 6.54. The van der Waals surface area contributed by atoms with Gasteiger partial charge in [-0.1, -0.05) is 12.1 Å². The minimum atomic E-state index is -0.910. The molecule has 0 aliphatic carbocycles. The molecule has 1 saturated heterocycles. The Morgan fingerprint density at radius 2 is 1.74 bits per heavy atom. The van der Waals surface area contributed by atoms with E-state index in [1.807, 2.05) is 0 Å². The topological polar surface area (TPSA) is 125 Å². The number of halogens is 1. The number of urea groups is 1. The second kappa shape index (κ2) is 9.87. The lowest BCUT2D eigenvalue weighted by Gasteiger charge is -2.26. The van der Waals surface area contributed by atoms with E-state index in [1.165, 1.54) is 60.7 Å². The number of carbonyl (C=O) groups excluding carboxylic acids is 4. The average molecular weight is 475 g/mol. The lowest BCUT2D eigenvalue weighted by Crippen LogP contribution is -2.54. The van der Waals surface area contributed by atoms with Crippen LogP contribution in [0, 0.1) is 5.82 Å². The second-order valence-corrected chi connectivity index (χ2v) is 7.39. The van der Waals surface area contributed by atoms with E-state index >= 15 is 0 Å². The van der Waals surface area contributed by atoms with Crippen molar-refractivity contribution in [3.05, 3.63) is 89.8 Å². The summed E-state index contributed by atoms with van der Waals surface area (Å²) in [6, 6.07) is 16.0. The predicted octanol–water partition coefficient (Wildman–Crippen LogP) is 3.22. The summed E-state index contributed by atoms with van der Waals surface area (Å²) < 4.78 is 18.4. The van der Waals surface area contributed by atoms with E-state index in [4.69, 9.17) is 4.74 Å². The first-order chi connectivity index (χ1) is 16.8. The smallest absolute Gasteiger partial charge is 0.335 e. The highest BCUT2D eigenvalue weighted by atomic mass is 19.1. The Hall–Kier alpha value is -4.99. The Morgan fingerprint density at radius 1 is 1.03 bits per heavy atom. The molecule has 35 heavy (non-hydrogen) atoms. The van der Waals surface area contributed by atoms with Gasteiger partial charge in [0.2, 0.25) is 0 Å². The zero-order chi connectivity index (χ0) is 24.9. The van der Waals surface area contributed by atoms with Gasteiger partial charge in [0.15, 0.2) is 6.61 Å². The van der Waals surface area contributed by atoms with Crippen LogP contribution in [0.1, 0.15) is 5.56 Å². The van der Waals surface area contributed by atoms with Crippen molar-refractivity contribution in [2.24, 2.45) is 0 Å². The molecule has 1 heterocycles. The number of phenolic OH excluding ortho intramolecular Hbond substituents is 1. The van der Waals surface area contributed by atoms with Crippen molar-refractivity contribution >= 4 is 41.2 Å². The number of nitrogens with one attached hydrogen (secondary N) is 2. The largest absolute Gasteiger partial charge is 0.508 e. The minimum absolute atomic E-state index is 0.0476. The molecule has 1 fully saturated rings. The molecule has 0 radical (unpaired) electrons. The summed E-state index contributed by atoms with van der Waals surface area (Å²) in [5.74, 6) is -2.34. The van der Waals surface area contributed by atoms with Crippen LogP contribution < -0.4 is 20.3 Å². The van der Waals surface area contributed by atoms with Crippen LogP contribution in [0.15, 0.2) is 78.4 Å². The average Bonchev–Trinajstić information content (AvgIpc) is 2.83. The lowest BCUT2D eigenvalue weighted by molar-refractivity contribution is -0.122. The van der Waals surface area contributed by atoms with Crippen LogP contribution in [0.4, 0.5) is 20.6 Å². The van der Waals surface area contributed by atoms with Crippen LogP contribution >= 0.6 is 0 Å². The number of carbonyl (C=O) groups is 4. The van der Waals surface area contributed by atoms with E-state index in [0.717, 1.165) is 4.90 Å². The van der Waals surface area contributed by atoms with Crippen molar-refractivity contribution < 1.29 is 33.4 Å². The van der Waals surface area contributed by atoms with Gasteiger partial charge < -0.3 is 15.2 Å². The number of ether oxygens (including phenoxy) is 1. The molecule has 10 heteroatoms. The van der Waals surface area contributed by atoms with E-state index in [0.29, 0.717) is 17.0 Å². The van der Waals surface area contributed by atoms with E-state index in [-0.39, 0.29) is 23.6 Å². The molecule has 176 valence electrons. The van der Waals surface area contributed by atoms with Gasteiger partial charge in [0.25, 0.3) is 17.7 Å². The maximum atomic E-state index is 13.0. The third kappa shape index (κ3) is 5.50. The first-order valence-electron chi connectivity index (χ1n) is 10.3. The molecule has 3 aromatic carbocycles. The SMILES string of the molecule is O=C(COc1cccc(/C=C2/C(=O)NC(=O)N(c3ccc(O)cc3)C2=O)c1)Nc1ccc(F)cc1. The summed E-state index contributed by atoms with van der Waals surface area (Å²) in [5, 5.41) is 14.1. The molecule has 0 aromatic heterocycles. The standard InChI is InChI=1S/C25H18FN3O6/c26-16-4-6-17(7-5-16)27-22(31)14-35-20-3-1-2-15(12-20)13-21-23(32)28-25(34)29(24(21)33)18-8-10-19(30)11-9-18/h1-13,30H,14H2,(H,27,31)(H,28,32,34)/b21-13-. The third-order valence-corrected chi connectivity index (χ3v) is 4.88. The molecule has 0 unspecified atom stereocenters. The summed E-state index contributed by atoms with van der Waals surface area (Å²) in [6.45, 7) is -0.333. The number of aromatic hydroxyl groups is 1. The Bertz CT molecular complexity index is 1340. The number of anilines is 2. The summed E-state index contributed by atoms with van der Waals surface area (Å²) in [4.78, 5) is 50.4. The number of phenols is 1. The van der Waals surface area contributed by atoms with Gasteiger partial charge in [0.1, 0.15) is 22.9 Å². The van der Waals surface area contributed by atoms with Gasteiger partial charge in [-0.05, 0) is 72.3 Å². The van der Waals surface area contributed by atoms with E-state index in [2.05, 4.69) is 10.6 Å². The van der Waals surface area contributed by atoms with E-state index in [9.17, 15) is 28.7 Å². The van der Waals surface area contributed by atoms with Gasteiger partial charge >= 0.3 is 6.03 Å². The van der Waals surface area contributed by atoms with E-state index in [1.54, 1.807) is 18.2 Å². The Labute approximate surface area is 198 Å². The van der Waals surface area contributed by atoms with Crippen LogP contribution in [0.3, 0.4) is 0 Å². The molecular formula is C25H18FN3O6. The molecule has 3 aromatic rings. The van der Waals surface area contributed by atoms with Crippen molar-refractivity contribution in [2.45, 2.75) is 0 Å². The first kappa shape index (κ1) is 23.2. The van der Waals surface area contributed by atoms with Crippen LogP contribution in [-0.4, -0.2) is 35.5 Å². The number of nitrogens with zero attached hydrogens (tertiary/aromatic N) is 1. The van der Waals surface area contributed by atoms with Crippen LogP contribution in [0.25, 0.3) is 6.08 Å². The van der Waals surface area contributed by atoms with Gasteiger partial charge in [-0.2, -0.15) is 0 Å². The first-order valence-corrected chi connectivity index (χ1v) is 10.3. The zero-order valence-electron chi connectivity index (χ0n) is 18.0. The third-order valence-electron chi connectivity index (χ3n) is 4.88. The number of barbiturate groups is 1. The number of amides is 5. The van der Waals surface area contributed by atoms with E-state index < -0.39 is 29.6 Å². The molecule has 0 spiro atoms. The quantitative estimate of drug-likeness (QED) is 0.371. The molecule has 0 atom stereocenters.